The Morgan fingerprint density at radius 1 is 1.29 bits per heavy atom. The van der Waals surface area contributed by atoms with Crippen molar-refractivity contribution in [3.8, 4) is 11.5 Å². The Morgan fingerprint density at radius 2 is 1.94 bits per heavy atom. The fourth-order valence-electron chi connectivity index (χ4n) is 1.54. The summed E-state index contributed by atoms with van der Waals surface area (Å²) in [6, 6.07) is 4.29. The fourth-order valence-corrected chi connectivity index (χ4v) is 2.42. The SMILES string of the molecule is CCC(N)Cc1cc(I)c(OC)c(OC)c1.Cl. The zero-order chi connectivity index (χ0) is 12.1. The molecule has 1 unspecified atom stereocenters. The smallest absolute Gasteiger partial charge is 0.174 e. The molecule has 3 nitrogen and oxygen atoms in total. The molecule has 0 heterocycles. The van der Waals surface area contributed by atoms with Gasteiger partial charge in [0.1, 0.15) is 0 Å². The van der Waals surface area contributed by atoms with Crippen molar-refractivity contribution in [3.05, 3.63) is 21.3 Å². The van der Waals surface area contributed by atoms with Crippen molar-refractivity contribution in [2.45, 2.75) is 25.8 Å². The van der Waals surface area contributed by atoms with Crippen LogP contribution in [0, 0.1) is 3.57 Å². The van der Waals surface area contributed by atoms with Crippen LogP contribution in [0.15, 0.2) is 12.1 Å². The summed E-state index contributed by atoms with van der Waals surface area (Å²) in [5, 5.41) is 0. The van der Waals surface area contributed by atoms with Crippen LogP contribution in [0.4, 0.5) is 0 Å². The van der Waals surface area contributed by atoms with Gasteiger partial charge in [0.05, 0.1) is 17.8 Å². The summed E-state index contributed by atoms with van der Waals surface area (Å²) in [5.74, 6) is 1.56. The minimum atomic E-state index is 0. The maximum Gasteiger partial charge on any atom is 0.174 e. The van der Waals surface area contributed by atoms with Gasteiger partial charge in [0.25, 0.3) is 0 Å². The second-order valence-electron chi connectivity index (χ2n) is 3.69. The van der Waals surface area contributed by atoms with Crippen molar-refractivity contribution < 1.29 is 9.47 Å². The number of methoxy groups -OCH3 is 2. The lowest BCUT2D eigenvalue weighted by molar-refractivity contribution is 0.352. The summed E-state index contributed by atoms with van der Waals surface area (Å²) in [6.07, 6.45) is 1.85. The average molecular weight is 372 g/mol. The van der Waals surface area contributed by atoms with Gasteiger partial charge in [-0.15, -0.1) is 12.4 Å². The second kappa shape index (κ2) is 8.00. The van der Waals surface area contributed by atoms with Gasteiger partial charge in [0.2, 0.25) is 0 Å². The fraction of sp³-hybridized carbons (Fsp3) is 0.500. The first kappa shape index (κ1) is 16.8. The molecule has 1 rings (SSSR count). The number of hydrogen-bond donors (Lipinski definition) is 1. The Labute approximate surface area is 123 Å². The molecule has 1 atom stereocenters. The first-order chi connectivity index (χ1) is 7.62. The van der Waals surface area contributed by atoms with Crippen molar-refractivity contribution in [3.63, 3.8) is 0 Å². The Balaban J connectivity index is 0.00000256. The van der Waals surface area contributed by atoms with E-state index in [9.17, 15) is 0 Å². The average Bonchev–Trinajstić information content (AvgIpc) is 2.28. The molecule has 0 aliphatic heterocycles. The van der Waals surface area contributed by atoms with Crippen molar-refractivity contribution in [1.82, 2.24) is 0 Å². The van der Waals surface area contributed by atoms with Gasteiger partial charge in [-0.05, 0) is 53.1 Å². The van der Waals surface area contributed by atoms with Crippen molar-refractivity contribution in [2.24, 2.45) is 5.73 Å². The van der Waals surface area contributed by atoms with Gasteiger partial charge >= 0.3 is 0 Å². The van der Waals surface area contributed by atoms with E-state index in [1.807, 2.05) is 6.07 Å². The number of rotatable bonds is 5. The molecule has 0 saturated heterocycles. The van der Waals surface area contributed by atoms with Gasteiger partial charge in [-0.1, -0.05) is 6.92 Å². The van der Waals surface area contributed by atoms with E-state index >= 15 is 0 Å². The lowest BCUT2D eigenvalue weighted by Crippen LogP contribution is -2.21. The van der Waals surface area contributed by atoms with Crippen LogP contribution in [-0.4, -0.2) is 20.3 Å². The number of ether oxygens (including phenoxy) is 2. The van der Waals surface area contributed by atoms with Gasteiger partial charge in [-0.2, -0.15) is 0 Å². The third-order valence-corrected chi connectivity index (χ3v) is 3.32. The predicted octanol–water partition coefficient (Wildman–Crippen LogP) is 3.01. The summed E-state index contributed by atoms with van der Waals surface area (Å²) >= 11 is 2.25. The summed E-state index contributed by atoms with van der Waals surface area (Å²) in [6.45, 7) is 2.09. The zero-order valence-corrected chi connectivity index (χ0v) is 13.3. The minimum absolute atomic E-state index is 0. The predicted molar refractivity (Wildman–Crippen MR) is 81.5 cm³/mol. The molecule has 17 heavy (non-hydrogen) atoms. The summed E-state index contributed by atoms with van der Waals surface area (Å²) in [5.41, 5.74) is 7.13. The van der Waals surface area contributed by atoms with E-state index in [0.29, 0.717) is 0 Å². The molecule has 0 aliphatic rings. The molecule has 5 heteroatoms. The van der Waals surface area contributed by atoms with Crippen LogP contribution in [0.2, 0.25) is 0 Å². The molecule has 0 spiro atoms. The van der Waals surface area contributed by atoms with Gasteiger partial charge in [0.15, 0.2) is 11.5 Å². The van der Waals surface area contributed by atoms with Gasteiger partial charge < -0.3 is 15.2 Å². The molecule has 0 aromatic heterocycles. The van der Waals surface area contributed by atoms with E-state index in [4.69, 9.17) is 15.2 Å². The molecule has 0 radical (unpaired) electrons. The molecule has 0 bridgehead atoms. The third kappa shape index (κ3) is 4.52. The molecular weight excluding hydrogens is 352 g/mol. The van der Waals surface area contributed by atoms with Crippen LogP contribution in [0.25, 0.3) is 0 Å². The number of benzene rings is 1. The summed E-state index contributed by atoms with van der Waals surface area (Å²) < 4.78 is 11.6. The lowest BCUT2D eigenvalue weighted by atomic mass is 10.0. The normalized spacial score (nSPS) is 11.6. The van der Waals surface area contributed by atoms with E-state index < -0.39 is 0 Å². The monoisotopic (exact) mass is 371 g/mol. The number of nitrogens with two attached hydrogens (primary N) is 1. The van der Waals surface area contributed by atoms with Crippen LogP contribution in [0.5, 0.6) is 11.5 Å². The van der Waals surface area contributed by atoms with E-state index in [-0.39, 0.29) is 18.4 Å². The Kier molecular flexibility index (Phi) is 7.91. The van der Waals surface area contributed by atoms with E-state index in [1.165, 1.54) is 5.56 Å². The van der Waals surface area contributed by atoms with Crippen molar-refractivity contribution >= 4 is 35.0 Å². The van der Waals surface area contributed by atoms with Gasteiger partial charge in [-0.3, -0.25) is 0 Å². The Morgan fingerprint density at radius 3 is 2.41 bits per heavy atom. The number of hydrogen-bond acceptors (Lipinski definition) is 3. The highest BCUT2D eigenvalue weighted by Crippen LogP contribution is 2.33. The molecule has 1 aromatic rings. The van der Waals surface area contributed by atoms with Crippen molar-refractivity contribution in [1.29, 1.82) is 0 Å². The first-order valence-electron chi connectivity index (χ1n) is 5.28. The second-order valence-corrected chi connectivity index (χ2v) is 4.85. The molecule has 1 aromatic carbocycles. The zero-order valence-electron chi connectivity index (χ0n) is 10.3. The topological polar surface area (TPSA) is 44.5 Å². The highest BCUT2D eigenvalue weighted by atomic mass is 127. The summed E-state index contributed by atoms with van der Waals surface area (Å²) in [4.78, 5) is 0. The van der Waals surface area contributed by atoms with Crippen LogP contribution in [0.3, 0.4) is 0 Å². The molecule has 2 N–H and O–H groups in total. The van der Waals surface area contributed by atoms with Gasteiger partial charge in [-0.25, -0.2) is 0 Å². The maximum absolute atomic E-state index is 5.94. The van der Waals surface area contributed by atoms with E-state index in [0.717, 1.165) is 27.9 Å². The van der Waals surface area contributed by atoms with Crippen LogP contribution < -0.4 is 15.2 Å². The first-order valence-corrected chi connectivity index (χ1v) is 6.36. The third-order valence-electron chi connectivity index (χ3n) is 2.52. The van der Waals surface area contributed by atoms with Crippen LogP contribution >= 0.6 is 35.0 Å². The molecule has 0 saturated carbocycles. The largest absolute Gasteiger partial charge is 0.493 e. The summed E-state index contributed by atoms with van der Waals surface area (Å²) in [7, 11) is 3.30. The van der Waals surface area contributed by atoms with Crippen molar-refractivity contribution in [2.75, 3.05) is 14.2 Å². The minimum Gasteiger partial charge on any atom is -0.493 e. The quantitative estimate of drug-likeness (QED) is 0.809. The molecular formula is C12H19ClINO2. The van der Waals surface area contributed by atoms with Crippen LogP contribution in [-0.2, 0) is 6.42 Å². The van der Waals surface area contributed by atoms with Crippen LogP contribution in [0.1, 0.15) is 18.9 Å². The maximum atomic E-state index is 5.94. The Hall–Kier alpha value is -0.200. The molecule has 0 aliphatic carbocycles. The number of halogens is 2. The van der Waals surface area contributed by atoms with E-state index in [2.05, 4.69) is 35.6 Å². The highest BCUT2D eigenvalue weighted by Gasteiger charge is 2.11. The molecule has 0 fully saturated rings. The Bertz CT molecular complexity index is 361. The highest BCUT2D eigenvalue weighted by molar-refractivity contribution is 14.1. The molecule has 0 amide bonds. The van der Waals surface area contributed by atoms with Gasteiger partial charge in [0, 0.05) is 6.04 Å². The molecule has 98 valence electrons. The van der Waals surface area contributed by atoms with E-state index in [1.54, 1.807) is 14.2 Å². The lowest BCUT2D eigenvalue weighted by Gasteiger charge is -2.14. The standard InChI is InChI=1S/C12H18INO2.ClH/c1-4-9(14)5-8-6-10(13)12(16-3)11(7-8)15-2;/h6-7,9H,4-5,14H2,1-3H3;1H.